The fourth-order valence-electron chi connectivity index (χ4n) is 4.29. The van der Waals surface area contributed by atoms with Crippen molar-refractivity contribution >= 4 is 29.5 Å². The van der Waals surface area contributed by atoms with E-state index < -0.39 is 17.7 Å². The number of Topliss-reactive ketones (excluding diaryl/α,β-unsaturated/α-hetero) is 1. The van der Waals surface area contributed by atoms with Gasteiger partial charge in [-0.3, -0.25) is 9.59 Å². The van der Waals surface area contributed by atoms with Crippen molar-refractivity contribution in [2.24, 2.45) is 0 Å². The second-order valence-electron chi connectivity index (χ2n) is 9.37. The number of halogens is 3. The summed E-state index contributed by atoms with van der Waals surface area (Å²) >= 11 is 0. The van der Waals surface area contributed by atoms with Crippen LogP contribution in [-0.4, -0.2) is 31.8 Å². The highest BCUT2D eigenvalue weighted by Gasteiger charge is 2.29. The molecule has 4 nitrogen and oxygen atoms in total. The number of nitrogens with one attached hydrogen (secondary N) is 1. The quantitative estimate of drug-likeness (QED) is 0.427. The molecule has 1 amide bonds. The molecular weight excluding hydrogens is 477 g/mol. The number of carbonyl (C=O) groups excluding carboxylic acids is 2. The van der Waals surface area contributed by atoms with Crippen molar-refractivity contribution in [3.05, 3.63) is 112 Å². The van der Waals surface area contributed by atoms with Gasteiger partial charge >= 0.3 is 0 Å². The Kier molecular flexibility index (Phi) is 7.62. The average molecular weight is 505 g/mol. The molecule has 4 rings (SSSR count). The van der Waals surface area contributed by atoms with E-state index in [4.69, 9.17) is 0 Å². The van der Waals surface area contributed by atoms with Crippen molar-refractivity contribution < 1.29 is 22.8 Å². The Labute approximate surface area is 214 Å². The molecule has 1 N–H and O–H groups in total. The maximum absolute atomic E-state index is 13.8. The highest BCUT2D eigenvalue weighted by atomic mass is 19.2. The minimum absolute atomic E-state index is 0.221. The Balaban J connectivity index is 1.65. The Morgan fingerprint density at radius 2 is 1.41 bits per heavy atom. The van der Waals surface area contributed by atoms with E-state index in [0.29, 0.717) is 33.4 Å². The van der Waals surface area contributed by atoms with Gasteiger partial charge in [-0.1, -0.05) is 12.1 Å². The number of ketones is 1. The third-order valence-electron chi connectivity index (χ3n) is 6.30. The van der Waals surface area contributed by atoms with Crippen LogP contribution in [0.3, 0.4) is 0 Å². The van der Waals surface area contributed by atoms with Crippen molar-refractivity contribution in [1.29, 1.82) is 0 Å². The van der Waals surface area contributed by atoms with Gasteiger partial charge in [-0.2, -0.15) is 0 Å². The molecule has 3 aromatic rings. The van der Waals surface area contributed by atoms with Crippen LogP contribution in [0.2, 0.25) is 0 Å². The van der Waals surface area contributed by atoms with Gasteiger partial charge in [-0.15, -0.1) is 0 Å². The third kappa shape index (κ3) is 6.17. The van der Waals surface area contributed by atoms with Gasteiger partial charge < -0.3 is 10.2 Å². The van der Waals surface area contributed by atoms with E-state index in [1.54, 1.807) is 37.3 Å². The molecule has 1 fully saturated rings. The molecule has 0 bridgehead atoms. The summed E-state index contributed by atoms with van der Waals surface area (Å²) in [5.41, 5.74) is 3.66. The summed E-state index contributed by atoms with van der Waals surface area (Å²) in [5.74, 6) is -2.88. The minimum Gasteiger partial charge on any atom is -0.378 e. The molecule has 7 heteroatoms. The van der Waals surface area contributed by atoms with Gasteiger partial charge in [0.1, 0.15) is 5.82 Å². The van der Waals surface area contributed by atoms with Crippen molar-refractivity contribution in [3.63, 3.8) is 0 Å². The zero-order chi connectivity index (χ0) is 26.7. The lowest BCUT2D eigenvalue weighted by Gasteiger charge is -2.27. The molecule has 0 radical (unpaired) electrons. The standard InChI is InChI=1S/C30H27F3N2O2/c1-18-12-19(4-10-26(18)31)13-22-16-24(34-30(37)21-6-8-25(9-7-21)35(2)3)17-23(29(22)36)14-20-5-11-27(32)28(33)15-20/h4-15,24H,16-17H2,1-3H3,(H,34,37)/b22-13+,23-14+. The lowest BCUT2D eigenvalue weighted by Crippen LogP contribution is -2.39. The van der Waals surface area contributed by atoms with Crippen molar-refractivity contribution in [2.45, 2.75) is 25.8 Å². The van der Waals surface area contributed by atoms with E-state index in [2.05, 4.69) is 5.32 Å². The highest BCUT2D eigenvalue weighted by molar-refractivity contribution is 6.14. The molecular formula is C30H27F3N2O2. The van der Waals surface area contributed by atoms with Crippen molar-refractivity contribution in [1.82, 2.24) is 5.32 Å². The van der Waals surface area contributed by atoms with E-state index in [-0.39, 0.29) is 30.3 Å². The molecule has 190 valence electrons. The summed E-state index contributed by atoms with van der Waals surface area (Å²) in [4.78, 5) is 28.3. The second-order valence-corrected chi connectivity index (χ2v) is 9.37. The second kappa shape index (κ2) is 10.9. The predicted octanol–water partition coefficient (Wildman–Crippen LogP) is 6.11. The van der Waals surface area contributed by atoms with Gasteiger partial charge in [0.25, 0.3) is 5.91 Å². The van der Waals surface area contributed by atoms with Crippen LogP contribution in [0.1, 0.15) is 39.9 Å². The SMILES string of the molecule is Cc1cc(/C=C2\CC(NC(=O)c3ccc(N(C)C)cc3)C/C(=C\c3ccc(F)c(F)c3)C2=O)ccc1F. The van der Waals surface area contributed by atoms with Crippen LogP contribution >= 0.6 is 0 Å². The lowest BCUT2D eigenvalue weighted by atomic mass is 9.83. The van der Waals surface area contributed by atoms with Crippen LogP contribution in [0.25, 0.3) is 12.2 Å². The topological polar surface area (TPSA) is 49.4 Å². The molecule has 0 aliphatic heterocycles. The van der Waals surface area contributed by atoms with E-state index in [1.165, 1.54) is 18.2 Å². The van der Waals surface area contributed by atoms with Gasteiger partial charge in [-0.25, -0.2) is 13.2 Å². The first-order valence-electron chi connectivity index (χ1n) is 11.9. The number of hydrogen-bond donors (Lipinski definition) is 1. The molecule has 1 unspecified atom stereocenters. The summed E-state index contributed by atoms with van der Waals surface area (Å²) in [6.45, 7) is 1.64. The third-order valence-corrected chi connectivity index (χ3v) is 6.30. The van der Waals surface area contributed by atoms with Crippen LogP contribution < -0.4 is 10.2 Å². The van der Waals surface area contributed by atoms with E-state index in [9.17, 15) is 22.8 Å². The minimum atomic E-state index is -1.01. The van der Waals surface area contributed by atoms with Crippen molar-refractivity contribution in [2.75, 3.05) is 19.0 Å². The number of anilines is 1. The molecule has 0 spiro atoms. The van der Waals surface area contributed by atoms with Gasteiger partial charge in [0, 0.05) is 42.5 Å². The highest BCUT2D eigenvalue weighted by Crippen LogP contribution is 2.29. The zero-order valence-electron chi connectivity index (χ0n) is 20.8. The monoisotopic (exact) mass is 504 g/mol. The molecule has 0 aromatic heterocycles. The molecule has 0 heterocycles. The number of amides is 1. The molecule has 37 heavy (non-hydrogen) atoms. The number of carbonyl (C=O) groups is 2. The number of hydrogen-bond acceptors (Lipinski definition) is 3. The lowest BCUT2D eigenvalue weighted by molar-refractivity contribution is -0.113. The summed E-state index contributed by atoms with van der Waals surface area (Å²) in [6.07, 6.45) is 3.68. The Hall–Kier alpha value is -4.13. The summed E-state index contributed by atoms with van der Waals surface area (Å²) in [6, 6.07) is 14.7. The fourth-order valence-corrected chi connectivity index (χ4v) is 4.29. The number of benzene rings is 3. The van der Waals surface area contributed by atoms with E-state index in [1.807, 2.05) is 31.1 Å². The molecule has 0 saturated heterocycles. The number of rotatable bonds is 5. The number of nitrogens with zero attached hydrogens (tertiary/aromatic N) is 1. The van der Waals surface area contributed by atoms with Crippen molar-refractivity contribution in [3.8, 4) is 0 Å². The Morgan fingerprint density at radius 1 is 0.838 bits per heavy atom. The molecule has 1 aliphatic carbocycles. The van der Waals surface area contributed by atoms with E-state index >= 15 is 0 Å². The summed E-state index contributed by atoms with van der Waals surface area (Å²) < 4.78 is 40.9. The van der Waals surface area contributed by atoms with Crippen LogP contribution in [0.4, 0.5) is 18.9 Å². The van der Waals surface area contributed by atoms with Crippen LogP contribution in [0.5, 0.6) is 0 Å². The summed E-state index contributed by atoms with van der Waals surface area (Å²) in [5, 5.41) is 3.00. The van der Waals surface area contributed by atoms with Crippen LogP contribution in [0.15, 0.2) is 71.8 Å². The molecule has 3 aromatic carbocycles. The first-order chi connectivity index (χ1) is 17.6. The van der Waals surface area contributed by atoms with Crippen LogP contribution in [0, 0.1) is 24.4 Å². The zero-order valence-corrected chi connectivity index (χ0v) is 20.8. The first-order valence-corrected chi connectivity index (χ1v) is 11.9. The predicted molar refractivity (Wildman–Crippen MR) is 140 cm³/mol. The summed E-state index contributed by atoms with van der Waals surface area (Å²) in [7, 11) is 3.82. The normalized spacial score (nSPS) is 17.8. The molecule has 1 saturated carbocycles. The van der Waals surface area contributed by atoms with Gasteiger partial charge in [-0.05, 0) is 97.1 Å². The fraction of sp³-hybridized carbons (Fsp3) is 0.200. The molecule has 1 aliphatic rings. The first kappa shape index (κ1) is 25.9. The van der Waals surface area contributed by atoms with E-state index in [0.717, 1.165) is 17.8 Å². The van der Waals surface area contributed by atoms with Gasteiger partial charge in [0.2, 0.25) is 0 Å². The van der Waals surface area contributed by atoms with Gasteiger partial charge in [0.05, 0.1) is 0 Å². The smallest absolute Gasteiger partial charge is 0.251 e. The Bertz CT molecular complexity index is 1340. The number of aryl methyl sites for hydroxylation is 1. The maximum Gasteiger partial charge on any atom is 0.251 e. The maximum atomic E-state index is 13.8. The molecule has 1 atom stereocenters. The average Bonchev–Trinajstić information content (AvgIpc) is 2.86. The van der Waals surface area contributed by atoms with Gasteiger partial charge in [0.15, 0.2) is 17.4 Å². The largest absolute Gasteiger partial charge is 0.378 e. The van der Waals surface area contributed by atoms with Crippen LogP contribution in [-0.2, 0) is 4.79 Å². The Morgan fingerprint density at radius 3 is 1.95 bits per heavy atom.